The van der Waals surface area contributed by atoms with E-state index in [4.69, 9.17) is 4.74 Å². The lowest BCUT2D eigenvalue weighted by atomic mass is 10.2. The fourth-order valence-corrected chi connectivity index (χ4v) is 3.19. The standard InChI is InChI=1S/C16H18N2O4S/c1-11-6-4-5-7-14(11)18-23(20,21)13-8-9-16(22-3)15(10-13)17-12(2)19/h4-10,18H,1-3H3,(H,17,19). The van der Waals surface area contributed by atoms with Crippen LogP contribution in [0.4, 0.5) is 11.4 Å². The second-order valence-electron chi connectivity index (χ2n) is 4.96. The number of nitrogens with one attached hydrogen (secondary N) is 2. The van der Waals surface area contributed by atoms with Crippen molar-refractivity contribution in [2.24, 2.45) is 0 Å². The molecule has 0 fully saturated rings. The summed E-state index contributed by atoms with van der Waals surface area (Å²) in [4.78, 5) is 11.3. The third-order valence-electron chi connectivity index (χ3n) is 3.18. The number of amides is 1. The van der Waals surface area contributed by atoms with Crippen LogP contribution in [0.2, 0.25) is 0 Å². The van der Waals surface area contributed by atoms with Crippen molar-refractivity contribution < 1.29 is 17.9 Å². The van der Waals surface area contributed by atoms with Crippen LogP contribution in [-0.2, 0) is 14.8 Å². The Hall–Kier alpha value is -2.54. The quantitative estimate of drug-likeness (QED) is 0.880. The summed E-state index contributed by atoms with van der Waals surface area (Å²) >= 11 is 0. The third kappa shape index (κ3) is 4.01. The van der Waals surface area contributed by atoms with Gasteiger partial charge in [-0.2, -0.15) is 0 Å². The van der Waals surface area contributed by atoms with Crippen LogP contribution in [-0.4, -0.2) is 21.4 Å². The predicted octanol–water partition coefficient (Wildman–Crippen LogP) is 2.76. The highest BCUT2D eigenvalue weighted by molar-refractivity contribution is 7.92. The Balaban J connectivity index is 2.40. The number of hydrogen-bond acceptors (Lipinski definition) is 4. The number of benzene rings is 2. The summed E-state index contributed by atoms with van der Waals surface area (Å²) in [5.41, 5.74) is 1.61. The number of hydrogen-bond donors (Lipinski definition) is 2. The number of sulfonamides is 1. The maximum Gasteiger partial charge on any atom is 0.261 e. The van der Waals surface area contributed by atoms with Gasteiger partial charge in [-0.05, 0) is 36.8 Å². The zero-order valence-corrected chi connectivity index (χ0v) is 13.9. The Labute approximate surface area is 135 Å². The van der Waals surface area contributed by atoms with E-state index in [1.54, 1.807) is 12.1 Å². The highest BCUT2D eigenvalue weighted by atomic mass is 32.2. The molecule has 2 aromatic carbocycles. The largest absolute Gasteiger partial charge is 0.495 e. The summed E-state index contributed by atoms with van der Waals surface area (Å²) in [5.74, 6) is 0.0692. The summed E-state index contributed by atoms with van der Waals surface area (Å²) in [6.45, 7) is 3.15. The molecule has 2 aromatic rings. The van der Waals surface area contributed by atoms with Crippen LogP contribution < -0.4 is 14.8 Å². The Kier molecular flexibility index (Phi) is 4.90. The van der Waals surface area contributed by atoms with Gasteiger partial charge in [0.15, 0.2) is 0 Å². The molecule has 0 aliphatic rings. The number of carbonyl (C=O) groups excluding carboxylic acids is 1. The first kappa shape index (κ1) is 16.8. The van der Waals surface area contributed by atoms with E-state index in [0.717, 1.165) is 5.56 Å². The molecule has 2 rings (SSSR count). The minimum Gasteiger partial charge on any atom is -0.495 e. The van der Waals surface area contributed by atoms with Gasteiger partial charge >= 0.3 is 0 Å². The van der Waals surface area contributed by atoms with E-state index in [0.29, 0.717) is 17.1 Å². The molecule has 0 aromatic heterocycles. The number of aryl methyl sites for hydroxylation is 1. The van der Waals surface area contributed by atoms with Crippen molar-refractivity contribution >= 4 is 27.3 Å². The summed E-state index contributed by atoms with van der Waals surface area (Å²) in [6, 6.07) is 11.4. The van der Waals surface area contributed by atoms with Crippen molar-refractivity contribution in [2.75, 3.05) is 17.1 Å². The molecule has 23 heavy (non-hydrogen) atoms. The van der Waals surface area contributed by atoms with Crippen LogP contribution in [0.25, 0.3) is 0 Å². The van der Waals surface area contributed by atoms with E-state index in [1.807, 2.05) is 19.1 Å². The molecule has 6 nitrogen and oxygen atoms in total. The van der Waals surface area contributed by atoms with Gasteiger partial charge in [0.1, 0.15) is 5.75 Å². The number of ether oxygens (including phenoxy) is 1. The molecule has 1 amide bonds. The van der Waals surface area contributed by atoms with Crippen molar-refractivity contribution in [3.8, 4) is 5.75 Å². The Bertz CT molecular complexity index is 832. The fourth-order valence-electron chi connectivity index (χ4n) is 2.03. The lowest BCUT2D eigenvalue weighted by Gasteiger charge is -2.13. The summed E-state index contributed by atoms with van der Waals surface area (Å²) in [7, 11) is -2.33. The fraction of sp³-hybridized carbons (Fsp3) is 0.188. The smallest absolute Gasteiger partial charge is 0.261 e. The van der Waals surface area contributed by atoms with Gasteiger partial charge in [0.05, 0.1) is 23.4 Å². The number of para-hydroxylation sites is 1. The first-order valence-electron chi connectivity index (χ1n) is 6.87. The lowest BCUT2D eigenvalue weighted by Crippen LogP contribution is -2.15. The Morgan fingerprint density at radius 2 is 1.78 bits per heavy atom. The maximum absolute atomic E-state index is 12.5. The minimum absolute atomic E-state index is 0.0327. The highest BCUT2D eigenvalue weighted by Gasteiger charge is 2.18. The molecule has 7 heteroatoms. The number of carbonyl (C=O) groups is 1. The molecule has 0 bridgehead atoms. The van der Waals surface area contributed by atoms with Gasteiger partial charge in [-0.1, -0.05) is 18.2 Å². The molecule has 2 N–H and O–H groups in total. The van der Waals surface area contributed by atoms with Crippen LogP contribution in [0.1, 0.15) is 12.5 Å². The highest BCUT2D eigenvalue weighted by Crippen LogP contribution is 2.28. The van der Waals surface area contributed by atoms with Crippen molar-refractivity contribution in [1.29, 1.82) is 0 Å². The monoisotopic (exact) mass is 334 g/mol. The molecule has 0 saturated heterocycles. The molecule has 0 spiro atoms. The van der Waals surface area contributed by atoms with Crippen LogP contribution in [0.5, 0.6) is 5.75 Å². The number of rotatable bonds is 5. The van der Waals surface area contributed by atoms with Gasteiger partial charge in [0, 0.05) is 6.92 Å². The second kappa shape index (κ2) is 6.70. The van der Waals surface area contributed by atoms with E-state index >= 15 is 0 Å². The lowest BCUT2D eigenvalue weighted by molar-refractivity contribution is -0.114. The molecule has 0 aliphatic heterocycles. The van der Waals surface area contributed by atoms with E-state index in [-0.39, 0.29) is 10.8 Å². The molecule has 0 unspecified atom stereocenters. The normalized spacial score (nSPS) is 10.9. The van der Waals surface area contributed by atoms with Crippen LogP contribution >= 0.6 is 0 Å². The Morgan fingerprint density at radius 3 is 2.39 bits per heavy atom. The first-order chi connectivity index (χ1) is 10.8. The van der Waals surface area contributed by atoms with Crippen LogP contribution in [0.3, 0.4) is 0 Å². The van der Waals surface area contributed by atoms with E-state index in [1.165, 1.54) is 32.2 Å². The van der Waals surface area contributed by atoms with Gasteiger partial charge < -0.3 is 10.1 Å². The molecule has 0 saturated carbocycles. The minimum atomic E-state index is -3.78. The van der Waals surface area contributed by atoms with Crippen LogP contribution in [0, 0.1) is 6.92 Å². The molecular formula is C16H18N2O4S. The number of anilines is 2. The summed E-state index contributed by atoms with van der Waals surface area (Å²) in [6.07, 6.45) is 0. The van der Waals surface area contributed by atoms with Crippen molar-refractivity contribution in [3.05, 3.63) is 48.0 Å². The van der Waals surface area contributed by atoms with Gasteiger partial charge in [-0.15, -0.1) is 0 Å². The van der Waals surface area contributed by atoms with Crippen molar-refractivity contribution in [1.82, 2.24) is 0 Å². The molecule has 0 radical (unpaired) electrons. The van der Waals surface area contributed by atoms with Crippen molar-refractivity contribution in [3.63, 3.8) is 0 Å². The summed E-state index contributed by atoms with van der Waals surface area (Å²) in [5, 5.41) is 2.56. The SMILES string of the molecule is COc1ccc(S(=O)(=O)Nc2ccccc2C)cc1NC(C)=O. The summed E-state index contributed by atoms with van der Waals surface area (Å²) < 4.78 is 32.7. The van der Waals surface area contributed by atoms with Crippen molar-refractivity contribution in [2.45, 2.75) is 18.7 Å². The topological polar surface area (TPSA) is 84.5 Å². The zero-order chi connectivity index (χ0) is 17.0. The van der Waals surface area contributed by atoms with Gasteiger partial charge in [0.25, 0.3) is 10.0 Å². The zero-order valence-electron chi connectivity index (χ0n) is 13.1. The first-order valence-corrected chi connectivity index (χ1v) is 8.36. The van der Waals surface area contributed by atoms with E-state index < -0.39 is 10.0 Å². The van der Waals surface area contributed by atoms with Gasteiger partial charge in [0.2, 0.25) is 5.91 Å². The third-order valence-corrected chi connectivity index (χ3v) is 4.54. The molecular weight excluding hydrogens is 316 g/mol. The van der Waals surface area contributed by atoms with Crippen LogP contribution in [0.15, 0.2) is 47.4 Å². The molecule has 0 atom stereocenters. The average Bonchev–Trinajstić information content (AvgIpc) is 2.49. The van der Waals surface area contributed by atoms with E-state index in [2.05, 4.69) is 10.0 Å². The number of methoxy groups -OCH3 is 1. The molecule has 0 aliphatic carbocycles. The van der Waals surface area contributed by atoms with Gasteiger partial charge in [-0.25, -0.2) is 8.42 Å². The molecule has 122 valence electrons. The second-order valence-corrected chi connectivity index (χ2v) is 6.65. The molecule has 0 heterocycles. The average molecular weight is 334 g/mol. The van der Waals surface area contributed by atoms with E-state index in [9.17, 15) is 13.2 Å². The maximum atomic E-state index is 12.5. The Morgan fingerprint density at radius 1 is 1.09 bits per heavy atom. The predicted molar refractivity (Wildman–Crippen MR) is 89.3 cm³/mol. The van der Waals surface area contributed by atoms with Gasteiger partial charge in [-0.3, -0.25) is 9.52 Å².